The van der Waals surface area contributed by atoms with E-state index < -0.39 is 16.6 Å². The van der Waals surface area contributed by atoms with Crippen LogP contribution in [0.4, 0.5) is 10.2 Å². The molecule has 2 aromatic rings. The van der Waals surface area contributed by atoms with Crippen LogP contribution in [-0.4, -0.2) is 14.7 Å². The Labute approximate surface area is 111 Å². The Balaban J connectivity index is 2.31. The van der Waals surface area contributed by atoms with Gasteiger partial charge in [-0.2, -0.15) is 9.94 Å². The number of hydrogen-bond donors (Lipinski definition) is 0. The van der Waals surface area contributed by atoms with E-state index in [0.29, 0.717) is 5.56 Å². The summed E-state index contributed by atoms with van der Waals surface area (Å²) in [4.78, 5) is 9.88. The molecular weight excluding hydrogens is 275 g/mol. The minimum absolute atomic E-state index is 0.0833. The number of rotatable bonds is 3. The monoisotopic (exact) mass is 280 g/mol. The van der Waals surface area contributed by atoms with Crippen LogP contribution < -0.4 is 0 Å². The summed E-state index contributed by atoms with van der Waals surface area (Å²) >= 11 is 5.64. The summed E-state index contributed by atoms with van der Waals surface area (Å²) in [5.74, 6) is -1.01. The molecule has 1 heterocycles. The van der Waals surface area contributed by atoms with E-state index >= 15 is 0 Å². The van der Waals surface area contributed by atoms with Gasteiger partial charge in [-0.05, 0) is 28.7 Å². The molecule has 0 saturated heterocycles. The number of nitrogens with zero attached hydrogens (tertiary/aromatic N) is 4. The average molecular weight is 281 g/mol. The summed E-state index contributed by atoms with van der Waals surface area (Å²) < 4.78 is 14.4. The van der Waals surface area contributed by atoms with E-state index in [0.717, 1.165) is 6.07 Å². The summed E-state index contributed by atoms with van der Waals surface area (Å²) in [6.45, 7) is 0.0833. The summed E-state index contributed by atoms with van der Waals surface area (Å²) in [6, 6.07) is 5.63. The molecule has 0 amide bonds. The number of benzene rings is 1. The zero-order valence-electron chi connectivity index (χ0n) is 9.38. The van der Waals surface area contributed by atoms with E-state index in [9.17, 15) is 14.5 Å². The van der Waals surface area contributed by atoms with Gasteiger partial charge in [-0.15, -0.1) is 0 Å². The van der Waals surface area contributed by atoms with E-state index in [1.54, 1.807) is 0 Å². The molecule has 0 aliphatic carbocycles. The lowest BCUT2D eigenvalue weighted by atomic mass is 10.1. The fourth-order valence-electron chi connectivity index (χ4n) is 1.58. The molecule has 8 heteroatoms. The normalized spacial score (nSPS) is 10.2. The molecule has 0 fully saturated rings. The molecule has 0 aliphatic heterocycles. The van der Waals surface area contributed by atoms with Gasteiger partial charge in [0.25, 0.3) is 0 Å². The van der Waals surface area contributed by atoms with Crippen molar-refractivity contribution in [2.75, 3.05) is 0 Å². The minimum atomic E-state index is -0.703. The molecule has 0 spiro atoms. The average Bonchev–Trinajstić information content (AvgIpc) is 2.69. The van der Waals surface area contributed by atoms with Crippen molar-refractivity contribution in [3.8, 4) is 6.07 Å². The van der Waals surface area contributed by atoms with Gasteiger partial charge in [0.15, 0.2) is 5.02 Å². The van der Waals surface area contributed by atoms with Crippen LogP contribution in [0.15, 0.2) is 24.4 Å². The lowest BCUT2D eigenvalue weighted by molar-refractivity contribution is -0.389. The molecule has 0 bridgehead atoms. The van der Waals surface area contributed by atoms with Crippen LogP contribution in [0.5, 0.6) is 0 Å². The molecular formula is C11H6ClFN4O2. The lowest BCUT2D eigenvalue weighted by Gasteiger charge is -2.00. The molecule has 96 valence electrons. The second-order valence-corrected chi connectivity index (χ2v) is 4.12. The van der Waals surface area contributed by atoms with Gasteiger partial charge in [0.05, 0.1) is 29.5 Å². The molecule has 0 N–H and O–H groups in total. The van der Waals surface area contributed by atoms with Crippen molar-refractivity contribution < 1.29 is 9.31 Å². The maximum atomic E-state index is 13.2. The van der Waals surface area contributed by atoms with E-state index in [2.05, 4.69) is 5.10 Å². The molecule has 0 radical (unpaired) electrons. The third-order valence-corrected chi connectivity index (χ3v) is 2.57. The molecule has 0 unspecified atom stereocenters. The van der Waals surface area contributed by atoms with E-state index in [4.69, 9.17) is 16.9 Å². The molecule has 0 saturated carbocycles. The highest BCUT2D eigenvalue weighted by Gasteiger charge is 2.19. The van der Waals surface area contributed by atoms with Crippen LogP contribution in [0.2, 0.25) is 5.02 Å². The maximum Gasteiger partial charge on any atom is 0.408 e. The third kappa shape index (κ3) is 2.86. The lowest BCUT2D eigenvalue weighted by Crippen LogP contribution is -2.02. The Morgan fingerprint density at radius 1 is 1.53 bits per heavy atom. The van der Waals surface area contributed by atoms with E-state index in [1.807, 2.05) is 6.07 Å². The van der Waals surface area contributed by atoms with Crippen molar-refractivity contribution in [1.29, 1.82) is 5.26 Å². The summed E-state index contributed by atoms with van der Waals surface area (Å²) in [5, 5.41) is 22.9. The molecule has 0 aliphatic rings. The van der Waals surface area contributed by atoms with E-state index in [-0.39, 0.29) is 17.1 Å². The Morgan fingerprint density at radius 3 is 2.84 bits per heavy atom. The first-order valence-electron chi connectivity index (χ1n) is 5.06. The van der Waals surface area contributed by atoms with Crippen molar-refractivity contribution in [3.63, 3.8) is 0 Å². The predicted molar refractivity (Wildman–Crippen MR) is 64.1 cm³/mol. The van der Waals surface area contributed by atoms with Gasteiger partial charge in [-0.3, -0.25) is 0 Å². The number of nitriles is 1. The second kappa shape index (κ2) is 5.04. The number of nitro groups is 1. The van der Waals surface area contributed by atoms with Gasteiger partial charge in [0.2, 0.25) is 0 Å². The standard InChI is InChI=1S/C11H6ClFN4O2/c12-10-6-16(15-11(10)17(18)19)5-8-1-7(4-14)2-9(13)3-8/h1-3,6H,5H2. The van der Waals surface area contributed by atoms with Crippen LogP contribution >= 0.6 is 11.6 Å². The molecule has 0 atom stereocenters. The molecule has 1 aromatic carbocycles. The first-order valence-corrected chi connectivity index (χ1v) is 5.44. The van der Waals surface area contributed by atoms with Gasteiger partial charge < -0.3 is 10.1 Å². The number of hydrogen-bond acceptors (Lipinski definition) is 4. The Hall–Kier alpha value is -2.46. The van der Waals surface area contributed by atoms with Crippen molar-refractivity contribution in [3.05, 3.63) is 56.5 Å². The quantitative estimate of drug-likeness (QED) is 0.638. The Bertz CT molecular complexity index is 692. The fourth-order valence-corrected chi connectivity index (χ4v) is 1.80. The number of aromatic nitrogens is 2. The Morgan fingerprint density at radius 2 is 2.26 bits per heavy atom. The van der Waals surface area contributed by atoms with E-state index in [1.165, 1.54) is 23.0 Å². The van der Waals surface area contributed by atoms with Crippen molar-refractivity contribution in [2.45, 2.75) is 6.54 Å². The maximum absolute atomic E-state index is 13.2. The summed E-state index contributed by atoms with van der Waals surface area (Å²) in [6.07, 6.45) is 1.27. The highest BCUT2D eigenvalue weighted by atomic mass is 35.5. The fraction of sp³-hybridized carbons (Fsp3) is 0.0909. The molecule has 19 heavy (non-hydrogen) atoms. The van der Waals surface area contributed by atoms with Crippen LogP contribution in [-0.2, 0) is 6.54 Å². The molecule has 1 aromatic heterocycles. The zero-order chi connectivity index (χ0) is 14.0. The highest BCUT2D eigenvalue weighted by Crippen LogP contribution is 2.22. The molecule has 2 rings (SSSR count). The van der Waals surface area contributed by atoms with Gasteiger partial charge in [-0.25, -0.2) is 4.39 Å². The summed E-state index contributed by atoms with van der Waals surface area (Å²) in [5.41, 5.74) is 0.633. The second-order valence-electron chi connectivity index (χ2n) is 3.72. The van der Waals surface area contributed by atoms with Crippen molar-refractivity contribution in [1.82, 2.24) is 9.78 Å². The van der Waals surface area contributed by atoms with Gasteiger partial charge in [0.1, 0.15) is 5.82 Å². The van der Waals surface area contributed by atoms with Crippen LogP contribution in [0.3, 0.4) is 0 Å². The first-order chi connectivity index (χ1) is 8.99. The topological polar surface area (TPSA) is 84.8 Å². The zero-order valence-corrected chi connectivity index (χ0v) is 10.1. The summed E-state index contributed by atoms with van der Waals surface area (Å²) in [7, 11) is 0. The van der Waals surface area contributed by atoms with Crippen LogP contribution in [0, 0.1) is 27.3 Å². The van der Waals surface area contributed by atoms with Crippen molar-refractivity contribution in [2.24, 2.45) is 0 Å². The smallest absolute Gasteiger partial charge is 0.358 e. The number of halogens is 2. The molecule has 6 nitrogen and oxygen atoms in total. The minimum Gasteiger partial charge on any atom is -0.358 e. The first kappa shape index (κ1) is 13.0. The van der Waals surface area contributed by atoms with Crippen LogP contribution in [0.1, 0.15) is 11.1 Å². The van der Waals surface area contributed by atoms with Gasteiger partial charge in [-0.1, -0.05) is 11.6 Å². The van der Waals surface area contributed by atoms with Gasteiger partial charge in [0, 0.05) is 0 Å². The Kier molecular flexibility index (Phi) is 3.44. The predicted octanol–water partition coefficient (Wildman–Crippen LogP) is 2.50. The van der Waals surface area contributed by atoms with Crippen molar-refractivity contribution >= 4 is 17.4 Å². The largest absolute Gasteiger partial charge is 0.408 e. The third-order valence-electron chi connectivity index (χ3n) is 2.30. The highest BCUT2D eigenvalue weighted by molar-refractivity contribution is 6.32. The van der Waals surface area contributed by atoms with Gasteiger partial charge >= 0.3 is 5.82 Å². The SMILES string of the molecule is N#Cc1cc(F)cc(Cn2cc(Cl)c([N+](=O)[O-])n2)c1. The van der Waals surface area contributed by atoms with Crippen LogP contribution in [0.25, 0.3) is 0 Å².